The first-order valence-corrected chi connectivity index (χ1v) is 5.16. The molecule has 4 nitrogen and oxygen atoms in total. The summed E-state index contributed by atoms with van der Waals surface area (Å²) >= 11 is 0. The number of amides is 2. The number of nitrogens with zero attached hydrogens (tertiary/aromatic N) is 1. The molecule has 1 saturated heterocycles. The van der Waals surface area contributed by atoms with E-state index in [4.69, 9.17) is 5.73 Å². The summed E-state index contributed by atoms with van der Waals surface area (Å²) in [5.74, 6) is 0. The molecule has 3 rings (SSSR count). The van der Waals surface area contributed by atoms with Gasteiger partial charge >= 0.3 is 6.03 Å². The van der Waals surface area contributed by atoms with Crippen LogP contribution in [0.2, 0.25) is 0 Å². The van der Waals surface area contributed by atoms with Crippen molar-refractivity contribution in [2.75, 3.05) is 17.2 Å². The van der Waals surface area contributed by atoms with Crippen LogP contribution >= 0.6 is 0 Å². The van der Waals surface area contributed by atoms with Gasteiger partial charge in [0.15, 0.2) is 0 Å². The first kappa shape index (κ1) is 8.59. The third-order valence-electron chi connectivity index (χ3n) is 3.25. The number of carbonyl (C=O) groups is 1. The lowest BCUT2D eigenvalue weighted by molar-refractivity contribution is 0.251. The van der Waals surface area contributed by atoms with Crippen molar-refractivity contribution in [3.8, 4) is 0 Å². The zero-order valence-corrected chi connectivity index (χ0v) is 8.36. The van der Waals surface area contributed by atoms with Gasteiger partial charge in [-0.25, -0.2) is 4.79 Å². The van der Waals surface area contributed by atoms with Crippen LogP contribution < -0.4 is 16.0 Å². The standard InChI is InChI=1S/C11H13N3O/c12-8-3-1-2-4-9(8)14-10(15)13-7-11(14)5-6-11/h1-4H,5-7,12H2,(H,13,15). The smallest absolute Gasteiger partial charge is 0.322 e. The first-order chi connectivity index (χ1) is 7.23. The number of nitrogens with one attached hydrogen (secondary N) is 1. The predicted molar refractivity (Wildman–Crippen MR) is 58.7 cm³/mol. The van der Waals surface area contributed by atoms with Crippen molar-refractivity contribution < 1.29 is 4.79 Å². The van der Waals surface area contributed by atoms with E-state index in [1.54, 1.807) is 0 Å². The summed E-state index contributed by atoms with van der Waals surface area (Å²) in [6.07, 6.45) is 2.14. The molecule has 1 saturated carbocycles. The molecule has 1 aromatic rings. The van der Waals surface area contributed by atoms with Crippen molar-refractivity contribution in [1.82, 2.24) is 5.32 Å². The molecule has 4 heteroatoms. The molecular weight excluding hydrogens is 190 g/mol. The zero-order valence-electron chi connectivity index (χ0n) is 8.36. The number of benzene rings is 1. The highest BCUT2D eigenvalue weighted by atomic mass is 16.2. The number of urea groups is 1. The van der Waals surface area contributed by atoms with Crippen molar-refractivity contribution in [2.45, 2.75) is 18.4 Å². The van der Waals surface area contributed by atoms with E-state index in [9.17, 15) is 4.79 Å². The van der Waals surface area contributed by atoms with Crippen LogP contribution in [-0.4, -0.2) is 18.1 Å². The lowest BCUT2D eigenvalue weighted by Gasteiger charge is -2.23. The van der Waals surface area contributed by atoms with E-state index in [2.05, 4.69) is 5.32 Å². The Labute approximate surface area is 88.1 Å². The average Bonchev–Trinajstić information content (AvgIpc) is 2.92. The molecule has 0 radical (unpaired) electrons. The number of para-hydroxylation sites is 2. The van der Waals surface area contributed by atoms with Crippen LogP contribution in [0.5, 0.6) is 0 Å². The van der Waals surface area contributed by atoms with Gasteiger partial charge in [-0.1, -0.05) is 12.1 Å². The number of carbonyl (C=O) groups excluding carboxylic acids is 1. The topological polar surface area (TPSA) is 58.4 Å². The Bertz CT molecular complexity index is 426. The summed E-state index contributed by atoms with van der Waals surface area (Å²) < 4.78 is 0. The molecule has 1 spiro atoms. The van der Waals surface area contributed by atoms with Crippen LogP contribution in [0.4, 0.5) is 16.2 Å². The third-order valence-corrected chi connectivity index (χ3v) is 3.25. The molecule has 1 aliphatic heterocycles. The minimum atomic E-state index is -0.0228. The number of nitrogens with two attached hydrogens (primary N) is 1. The maximum atomic E-state index is 11.7. The number of rotatable bonds is 1. The molecule has 0 bridgehead atoms. The molecule has 1 aromatic carbocycles. The largest absolute Gasteiger partial charge is 0.397 e. The van der Waals surface area contributed by atoms with Crippen molar-refractivity contribution in [2.24, 2.45) is 0 Å². The van der Waals surface area contributed by atoms with Crippen LogP contribution in [0.1, 0.15) is 12.8 Å². The minimum Gasteiger partial charge on any atom is -0.397 e. The number of hydrogen-bond donors (Lipinski definition) is 2. The molecule has 1 aliphatic carbocycles. The van der Waals surface area contributed by atoms with Gasteiger partial charge < -0.3 is 11.1 Å². The average molecular weight is 203 g/mol. The second-order valence-corrected chi connectivity index (χ2v) is 4.28. The van der Waals surface area contributed by atoms with E-state index < -0.39 is 0 Å². The Morgan fingerprint density at radius 1 is 1.33 bits per heavy atom. The molecule has 1 heterocycles. The molecule has 2 aliphatic rings. The minimum absolute atomic E-state index is 0.0204. The van der Waals surface area contributed by atoms with Gasteiger partial charge in [0, 0.05) is 6.54 Å². The van der Waals surface area contributed by atoms with Crippen LogP contribution in [0.3, 0.4) is 0 Å². The fourth-order valence-electron chi connectivity index (χ4n) is 2.21. The fourth-order valence-corrected chi connectivity index (χ4v) is 2.21. The van der Waals surface area contributed by atoms with Crippen LogP contribution in [0.15, 0.2) is 24.3 Å². The van der Waals surface area contributed by atoms with Gasteiger partial charge in [0.25, 0.3) is 0 Å². The van der Waals surface area contributed by atoms with Crippen molar-refractivity contribution in [3.05, 3.63) is 24.3 Å². The third kappa shape index (κ3) is 1.11. The van der Waals surface area contributed by atoms with Crippen molar-refractivity contribution >= 4 is 17.4 Å². The molecule has 2 fully saturated rings. The first-order valence-electron chi connectivity index (χ1n) is 5.16. The highest BCUT2D eigenvalue weighted by Crippen LogP contribution is 2.47. The molecule has 0 aromatic heterocycles. The SMILES string of the molecule is Nc1ccccc1N1C(=O)NCC12CC2. The summed E-state index contributed by atoms with van der Waals surface area (Å²) in [5, 5.41) is 2.88. The van der Waals surface area contributed by atoms with E-state index in [0.717, 1.165) is 25.1 Å². The lowest BCUT2D eigenvalue weighted by atomic mass is 10.2. The summed E-state index contributed by atoms with van der Waals surface area (Å²) in [4.78, 5) is 13.6. The van der Waals surface area contributed by atoms with Gasteiger partial charge in [0.2, 0.25) is 0 Å². The van der Waals surface area contributed by atoms with Gasteiger partial charge in [0.1, 0.15) is 0 Å². The van der Waals surface area contributed by atoms with Crippen LogP contribution in [0, 0.1) is 0 Å². The lowest BCUT2D eigenvalue weighted by Crippen LogP contribution is -2.36. The van der Waals surface area contributed by atoms with Gasteiger partial charge in [0.05, 0.1) is 16.9 Å². The van der Waals surface area contributed by atoms with E-state index in [-0.39, 0.29) is 11.6 Å². The Hall–Kier alpha value is -1.71. The van der Waals surface area contributed by atoms with E-state index >= 15 is 0 Å². The summed E-state index contributed by atoms with van der Waals surface area (Å²) in [7, 11) is 0. The van der Waals surface area contributed by atoms with E-state index in [1.165, 1.54) is 0 Å². The van der Waals surface area contributed by atoms with E-state index in [0.29, 0.717) is 5.69 Å². The molecule has 15 heavy (non-hydrogen) atoms. The summed E-state index contributed by atoms with van der Waals surface area (Å²) in [6, 6.07) is 7.50. The second-order valence-electron chi connectivity index (χ2n) is 4.28. The quantitative estimate of drug-likeness (QED) is 0.676. The van der Waals surface area contributed by atoms with Crippen molar-refractivity contribution in [1.29, 1.82) is 0 Å². The highest BCUT2D eigenvalue weighted by molar-refractivity contribution is 5.99. The predicted octanol–water partition coefficient (Wildman–Crippen LogP) is 1.33. The second kappa shape index (κ2) is 2.66. The molecule has 0 unspecified atom stereocenters. The van der Waals surface area contributed by atoms with Gasteiger partial charge in [-0.2, -0.15) is 0 Å². The molecule has 3 N–H and O–H groups in total. The Balaban J connectivity index is 2.06. The van der Waals surface area contributed by atoms with Crippen LogP contribution in [0.25, 0.3) is 0 Å². The maximum Gasteiger partial charge on any atom is 0.322 e. The van der Waals surface area contributed by atoms with Crippen molar-refractivity contribution in [3.63, 3.8) is 0 Å². The highest BCUT2D eigenvalue weighted by Gasteiger charge is 2.55. The number of anilines is 2. The Kier molecular flexibility index (Phi) is 1.52. The molecule has 78 valence electrons. The normalized spacial score (nSPS) is 21.9. The molecule has 0 atom stereocenters. The van der Waals surface area contributed by atoms with Gasteiger partial charge in [-0.3, -0.25) is 4.90 Å². The van der Waals surface area contributed by atoms with Gasteiger partial charge in [-0.15, -0.1) is 0 Å². The van der Waals surface area contributed by atoms with E-state index in [1.807, 2.05) is 29.2 Å². The fraction of sp³-hybridized carbons (Fsp3) is 0.364. The molecule has 2 amide bonds. The number of hydrogen-bond acceptors (Lipinski definition) is 2. The Morgan fingerprint density at radius 2 is 2.07 bits per heavy atom. The monoisotopic (exact) mass is 203 g/mol. The summed E-state index contributed by atoms with van der Waals surface area (Å²) in [6.45, 7) is 0.750. The maximum absolute atomic E-state index is 11.7. The number of nitrogen functional groups attached to an aromatic ring is 1. The molecular formula is C11H13N3O. The Morgan fingerprint density at radius 3 is 2.73 bits per heavy atom. The summed E-state index contributed by atoms with van der Waals surface area (Å²) in [5.41, 5.74) is 7.42. The van der Waals surface area contributed by atoms with Gasteiger partial charge in [-0.05, 0) is 25.0 Å². The van der Waals surface area contributed by atoms with Crippen LogP contribution in [-0.2, 0) is 0 Å². The zero-order chi connectivity index (χ0) is 10.5.